The number of hydrogen-bond donors (Lipinski definition) is 1. The zero-order chi connectivity index (χ0) is 24.4. The van der Waals surface area contributed by atoms with Crippen molar-refractivity contribution in [1.82, 2.24) is 0 Å². The molecule has 6 nitrogen and oxygen atoms in total. The molecule has 5 fully saturated rings. The minimum atomic E-state index is -1.04. The van der Waals surface area contributed by atoms with Gasteiger partial charge in [0.05, 0.1) is 23.5 Å². The molecule has 1 heterocycles. The second kappa shape index (κ2) is 7.90. The number of nitrogens with zero attached hydrogens (tertiary/aromatic N) is 1. The molecule has 5 rings (SSSR count). The number of esters is 1. The highest BCUT2D eigenvalue weighted by molar-refractivity contribution is 6.03. The standard InChI is InChI=1S/C25H33NO5.C2H6/c1-14(27)20-17(28)6-8-22(2)21-15(4-9-24(20,22)13-26)16-5-10-25(11-7-19(30)31-25)23(16,3)12-18(21)29;1-2/h15-16,18,20-21,29H,4-12H2,1-3H3;1-2H3/t15?,16?,18-,20-,21?,22?,23?,24?,25-;/m1./s1. The van der Waals surface area contributed by atoms with Crippen molar-refractivity contribution in [1.29, 1.82) is 5.26 Å². The lowest BCUT2D eigenvalue weighted by atomic mass is 9.37. The third-order valence-corrected chi connectivity index (χ3v) is 10.7. The Morgan fingerprint density at radius 1 is 1.06 bits per heavy atom. The maximum absolute atomic E-state index is 12.8. The summed E-state index contributed by atoms with van der Waals surface area (Å²) < 4.78 is 5.95. The fourth-order valence-electron chi connectivity index (χ4n) is 9.40. The average Bonchev–Trinajstić information content (AvgIpc) is 3.29. The lowest BCUT2D eigenvalue weighted by Crippen LogP contribution is -2.66. The molecule has 1 aliphatic heterocycles. The van der Waals surface area contributed by atoms with Crippen molar-refractivity contribution in [3.8, 4) is 6.07 Å². The van der Waals surface area contributed by atoms with Gasteiger partial charge in [0.2, 0.25) is 0 Å². The third-order valence-electron chi connectivity index (χ3n) is 10.7. The van der Waals surface area contributed by atoms with E-state index in [0.29, 0.717) is 38.0 Å². The summed E-state index contributed by atoms with van der Waals surface area (Å²) in [6.07, 6.45) is 4.96. The number of nitriles is 1. The molecule has 0 aromatic heterocycles. The molecule has 4 aliphatic carbocycles. The second-order valence-electron chi connectivity index (χ2n) is 11.5. The fraction of sp³-hybridized carbons (Fsp3) is 0.852. The summed E-state index contributed by atoms with van der Waals surface area (Å²) in [6, 6.07) is 2.48. The van der Waals surface area contributed by atoms with Gasteiger partial charge in [-0.15, -0.1) is 0 Å². The van der Waals surface area contributed by atoms with Gasteiger partial charge in [-0.2, -0.15) is 5.26 Å². The van der Waals surface area contributed by atoms with Crippen molar-refractivity contribution in [3.63, 3.8) is 0 Å². The Morgan fingerprint density at radius 2 is 1.76 bits per heavy atom. The second-order valence-corrected chi connectivity index (χ2v) is 11.5. The average molecular weight is 458 g/mol. The van der Waals surface area contributed by atoms with E-state index >= 15 is 0 Å². The first kappa shape index (κ1) is 24.4. The maximum Gasteiger partial charge on any atom is 0.306 e. The lowest BCUT2D eigenvalue weighted by molar-refractivity contribution is -0.217. The molecular formula is C27H39NO5. The van der Waals surface area contributed by atoms with Gasteiger partial charge in [-0.1, -0.05) is 27.7 Å². The SMILES string of the molecule is CC.CC(=O)[C@@H]1C(=O)CCC2(C)C3C(CCC12C#N)C1CC[C@@]2(CCC(=O)O2)C1(C)C[C@H]3O. The van der Waals surface area contributed by atoms with Crippen molar-refractivity contribution in [2.24, 2.45) is 39.9 Å². The van der Waals surface area contributed by atoms with Crippen LogP contribution in [0.25, 0.3) is 0 Å². The highest BCUT2D eigenvalue weighted by Crippen LogP contribution is 2.73. The Bertz CT molecular complexity index is 909. The Morgan fingerprint density at radius 3 is 2.33 bits per heavy atom. The highest BCUT2D eigenvalue weighted by Gasteiger charge is 2.73. The number of rotatable bonds is 1. The largest absolute Gasteiger partial charge is 0.458 e. The minimum absolute atomic E-state index is 0.113. The molecule has 1 spiro atoms. The molecule has 0 bridgehead atoms. The van der Waals surface area contributed by atoms with Crippen LogP contribution in [-0.4, -0.2) is 34.3 Å². The number of ether oxygens (including phenoxy) is 1. The predicted octanol–water partition coefficient (Wildman–Crippen LogP) is 4.38. The summed E-state index contributed by atoms with van der Waals surface area (Å²) in [5, 5.41) is 22.0. The summed E-state index contributed by atoms with van der Waals surface area (Å²) in [7, 11) is 0. The quantitative estimate of drug-likeness (QED) is 0.463. The van der Waals surface area contributed by atoms with Gasteiger partial charge in [0.1, 0.15) is 17.2 Å². The van der Waals surface area contributed by atoms with Gasteiger partial charge in [0.25, 0.3) is 0 Å². The van der Waals surface area contributed by atoms with E-state index in [9.17, 15) is 24.8 Å². The van der Waals surface area contributed by atoms with Crippen LogP contribution in [0.3, 0.4) is 0 Å². The first-order valence-corrected chi connectivity index (χ1v) is 12.9. The molecule has 0 aromatic rings. The molecule has 4 saturated carbocycles. The van der Waals surface area contributed by atoms with Crippen molar-refractivity contribution >= 4 is 17.5 Å². The number of hydrogen-bond acceptors (Lipinski definition) is 6. The smallest absolute Gasteiger partial charge is 0.306 e. The van der Waals surface area contributed by atoms with Gasteiger partial charge < -0.3 is 9.84 Å². The number of fused-ring (bicyclic) bond motifs is 6. The summed E-state index contributed by atoms with van der Waals surface area (Å²) in [4.78, 5) is 37.4. The first-order chi connectivity index (χ1) is 15.6. The normalized spacial score (nSPS) is 50.3. The van der Waals surface area contributed by atoms with E-state index in [1.807, 2.05) is 13.8 Å². The number of aliphatic hydroxyl groups is 1. The van der Waals surface area contributed by atoms with Crippen LogP contribution < -0.4 is 0 Å². The lowest BCUT2D eigenvalue weighted by Gasteiger charge is -2.65. The zero-order valence-electron chi connectivity index (χ0n) is 20.8. The number of ketones is 2. The van der Waals surface area contributed by atoms with Gasteiger partial charge in [-0.05, 0) is 75.0 Å². The van der Waals surface area contributed by atoms with Crippen molar-refractivity contribution in [2.75, 3.05) is 0 Å². The Labute approximate surface area is 197 Å². The molecule has 0 aromatic carbocycles. The predicted molar refractivity (Wildman–Crippen MR) is 122 cm³/mol. The molecule has 5 aliphatic rings. The molecule has 1 saturated heterocycles. The number of Topliss-reactive ketones (excluding diaryl/α,β-unsaturated/α-hetero) is 2. The van der Waals surface area contributed by atoms with Gasteiger partial charge in [0, 0.05) is 18.3 Å². The van der Waals surface area contributed by atoms with Crippen molar-refractivity contribution < 1.29 is 24.2 Å². The van der Waals surface area contributed by atoms with Crippen LogP contribution in [0, 0.1) is 51.2 Å². The first-order valence-electron chi connectivity index (χ1n) is 12.9. The van der Waals surface area contributed by atoms with Crippen LogP contribution in [0.15, 0.2) is 0 Å². The molecule has 9 atom stereocenters. The van der Waals surface area contributed by atoms with Crippen LogP contribution in [0.1, 0.15) is 92.4 Å². The topological polar surface area (TPSA) is 104 Å². The van der Waals surface area contributed by atoms with Crippen LogP contribution in [-0.2, 0) is 19.1 Å². The monoisotopic (exact) mass is 457 g/mol. The summed E-state index contributed by atoms with van der Waals surface area (Å²) in [5.74, 6) is -0.952. The fourth-order valence-corrected chi connectivity index (χ4v) is 9.40. The molecule has 33 heavy (non-hydrogen) atoms. The third kappa shape index (κ3) is 2.90. The van der Waals surface area contributed by atoms with Crippen LogP contribution in [0.2, 0.25) is 0 Å². The zero-order valence-corrected chi connectivity index (χ0v) is 20.8. The van der Waals surface area contributed by atoms with Crippen LogP contribution >= 0.6 is 0 Å². The Hall–Kier alpha value is -1.74. The van der Waals surface area contributed by atoms with Gasteiger partial charge in [-0.3, -0.25) is 14.4 Å². The van der Waals surface area contributed by atoms with E-state index < -0.39 is 28.5 Å². The van der Waals surface area contributed by atoms with Crippen molar-refractivity contribution in [3.05, 3.63) is 0 Å². The van der Waals surface area contributed by atoms with E-state index in [4.69, 9.17) is 4.74 Å². The molecule has 0 amide bonds. The van der Waals surface area contributed by atoms with Gasteiger partial charge in [0.15, 0.2) is 0 Å². The minimum Gasteiger partial charge on any atom is -0.458 e. The van der Waals surface area contributed by atoms with E-state index in [1.54, 1.807) is 0 Å². The van der Waals surface area contributed by atoms with Gasteiger partial charge >= 0.3 is 5.97 Å². The summed E-state index contributed by atoms with van der Waals surface area (Å²) in [5.41, 5.74) is -2.37. The van der Waals surface area contributed by atoms with E-state index in [1.165, 1.54) is 6.92 Å². The molecule has 182 valence electrons. The molecule has 1 N–H and O–H groups in total. The summed E-state index contributed by atoms with van der Waals surface area (Å²) >= 11 is 0. The van der Waals surface area contributed by atoms with Gasteiger partial charge in [-0.25, -0.2) is 0 Å². The van der Waals surface area contributed by atoms with Crippen LogP contribution in [0.4, 0.5) is 0 Å². The van der Waals surface area contributed by atoms with E-state index in [0.717, 1.165) is 25.7 Å². The molecule has 6 heteroatoms. The van der Waals surface area contributed by atoms with Crippen LogP contribution in [0.5, 0.6) is 0 Å². The van der Waals surface area contributed by atoms with Crippen molar-refractivity contribution in [2.45, 2.75) is 104 Å². The summed E-state index contributed by atoms with van der Waals surface area (Å²) in [6.45, 7) is 9.69. The molecule has 6 unspecified atom stereocenters. The molecule has 0 radical (unpaired) electrons. The maximum atomic E-state index is 12.8. The van der Waals surface area contributed by atoms with E-state index in [-0.39, 0.29) is 34.8 Å². The Kier molecular flexibility index (Phi) is 5.84. The number of aliphatic hydroxyl groups excluding tert-OH is 1. The Balaban J connectivity index is 0.00000126. The number of carbonyl (C=O) groups is 3. The highest BCUT2D eigenvalue weighted by atomic mass is 16.6. The van der Waals surface area contributed by atoms with E-state index in [2.05, 4.69) is 19.9 Å². The number of carbonyl (C=O) groups excluding carboxylic acids is 3. The molecular weight excluding hydrogens is 418 g/mol.